The van der Waals surface area contributed by atoms with Gasteiger partial charge in [0.25, 0.3) is 5.91 Å². The number of esters is 1. The standard InChI is InChI=1S/C14H18N2O6/c1-4-21-10-6-5-9(7-11(10)20-3)13(18)22-8-12(17)16-14(19)15-2/h5-7H,4,8H2,1-3H3,(H2,15,16,17,19). The van der Waals surface area contributed by atoms with Crippen LogP contribution >= 0.6 is 0 Å². The van der Waals surface area contributed by atoms with E-state index in [9.17, 15) is 14.4 Å². The fourth-order valence-corrected chi connectivity index (χ4v) is 1.51. The first-order valence-corrected chi connectivity index (χ1v) is 6.51. The van der Waals surface area contributed by atoms with Crippen LogP contribution in [-0.2, 0) is 9.53 Å². The van der Waals surface area contributed by atoms with Gasteiger partial charge in [-0.2, -0.15) is 0 Å². The van der Waals surface area contributed by atoms with Crippen molar-refractivity contribution < 1.29 is 28.6 Å². The van der Waals surface area contributed by atoms with Gasteiger partial charge in [-0.25, -0.2) is 9.59 Å². The van der Waals surface area contributed by atoms with E-state index >= 15 is 0 Å². The number of ether oxygens (including phenoxy) is 3. The summed E-state index contributed by atoms with van der Waals surface area (Å²) in [7, 11) is 2.81. The maximum atomic E-state index is 11.8. The minimum absolute atomic E-state index is 0.202. The van der Waals surface area contributed by atoms with Crippen molar-refractivity contribution in [1.29, 1.82) is 0 Å². The molecule has 1 rings (SSSR count). The molecule has 0 saturated heterocycles. The number of carbonyl (C=O) groups excluding carboxylic acids is 3. The molecule has 0 aromatic heterocycles. The lowest BCUT2D eigenvalue weighted by Crippen LogP contribution is -2.39. The van der Waals surface area contributed by atoms with Crippen LogP contribution in [0.15, 0.2) is 18.2 Å². The Morgan fingerprint density at radius 2 is 1.91 bits per heavy atom. The Morgan fingerprint density at radius 1 is 1.18 bits per heavy atom. The highest BCUT2D eigenvalue weighted by atomic mass is 16.5. The average molecular weight is 310 g/mol. The van der Waals surface area contributed by atoms with Gasteiger partial charge in [0.1, 0.15) is 0 Å². The van der Waals surface area contributed by atoms with Crippen LogP contribution in [0.1, 0.15) is 17.3 Å². The van der Waals surface area contributed by atoms with Crippen molar-refractivity contribution in [2.45, 2.75) is 6.92 Å². The fraction of sp³-hybridized carbons (Fsp3) is 0.357. The molecule has 0 aliphatic heterocycles. The molecule has 2 N–H and O–H groups in total. The van der Waals surface area contributed by atoms with E-state index in [1.165, 1.54) is 26.3 Å². The van der Waals surface area contributed by atoms with Gasteiger partial charge in [-0.05, 0) is 25.1 Å². The average Bonchev–Trinajstić information content (AvgIpc) is 2.53. The first-order chi connectivity index (χ1) is 10.5. The second-order valence-corrected chi connectivity index (χ2v) is 4.00. The molecule has 1 aromatic carbocycles. The molecule has 0 spiro atoms. The van der Waals surface area contributed by atoms with E-state index in [0.29, 0.717) is 18.1 Å². The lowest BCUT2D eigenvalue weighted by molar-refractivity contribution is -0.123. The Morgan fingerprint density at radius 3 is 2.50 bits per heavy atom. The number of imide groups is 1. The van der Waals surface area contributed by atoms with E-state index in [0.717, 1.165) is 0 Å². The summed E-state index contributed by atoms with van der Waals surface area (Å²) < 4.78 is 15.3. The van der Waals surface area contributed by atoms with E-state index in [1.807, 2.05) is 12.2 Å². The molecule has 0 aliphatic carbocycles. The summed E-state index contributed by atoms with van der Waals surface area (Å²) in [6.45, 7) is 1.72. The molecule has 0 unspecified atom stereocenters. The SMILES string of the molecule is CCOc1ccc(C(=O)OCC(=O)NC(=O)NC)cc1OC. The van der Waals surface area contributed by atoms with Gasteiger partial charge in [0.2, 0.25) is 0 Å². The van der Waals surface area contributed by atoms with Crippen LogP contribution in [0.3, 0.4) is 0 Å². The van der Waals surface area contributed by atoms with Crippen molar-refractivity contribution in [1.82, 2.24) is 10.6 Å². The van der Waals surface area contributed by atoms with Gasteiger partial charge in [0, 0.05) is 7.05 Å². The fourth-order valence-electron chi connectivity index (χ4n) is 1.51. The van der Waals surface area contributed by atoms with Crippen LogP contribution in [-0.4, -0.2) is 45.3 Å². The van der Waals surface area contributed by atoms with Crippen molar-refractivity contribution in [2.24, 2.45) is 0 Å². The Kier molecular flexibility index (Phi) is 6.68. The molecule has 0 bridgehead atoms. The largest absolute Gasteiger partial charge is 0.493 e. The highest BCUT2D eigenvalue weighted by Crippen LogP contribution is 2.28. The second kappa shape index (κ2) is 8.50. The molecule has 0 aliphatic rings. The minimum Gasteiger partial charge on any atom is -0.493 e. The third kappa shape index (κ3) is 4.97. The third-order valence-electron chi connectivity index (χ3n) is 2.51. The normalized spacial score (nSPS) is 9.59. The van der Waals surface area contributed by atoms with Crippen LogP contribution in [0, 0.1) is 0 Å². The van der Waals surface area contributed by atoms with Crippen molar-refractivity contribution in [2.75, 3.05) is 27.4 Å². The quantitative estimate of drug-likeness (QED) is 0.750. The summed E-state index contributed by atoms with van der Waals surface area (Å²) in [6.07, 6.45) is 0. The van der Waals surface area contributed by atoms with Crippen LogP contribution in [0.2, 0.25) is 0 Å². The smallest absolute Gasteiger partial charge is 0.338 e. The molecule has 0 radical (unpaired) electrons. The molecule has 22 heavy (non-hydrogen) atoms. The van der Waals surface area contributed by atoms with Gasteiger partial charge < -0.3 is 19.5 Å². The molecular formula is C14H18N2O6. The predicted molar refractivity (Wildman–Crippen MR) is 77.0 cm³/mol. The molecule has 120 valence electrons. The number of carbonyl (C=O) groups is 3. The van der Waals surface area contributed by atoms with Gasteiger partial charge in [-0.3, -0.25) is 10.1 Å². The highest BCUT2D eigenvalue weighted by molar-refractivity contribution is 5.97. The maximum absolute atomic E-state index is 11.8. The van der Waals surface area contributed by atoms with E-state index in [4.69, 9.17) is 14.2 Å². The molecule has 0 fully saturated rings. The lowest BCUT2D eigenvalue weighted by Gasteiger charge is -2.10. The van der Waals surface area contributed by atoms with Crippen molar-refractivity contribution in [3.05, 3.63) is 23.8 Å². The van der Waals surface area contributed by atoms with Gasteiger partial charge in [-0.1, -0.05) is 0 Å². The van der Waals surface area contributed by atoms with Crippen molar-refractivity contribution in [3.8, 4) is 11.5 Å². The summed E-state index contributed by atoms with van der Waals surface area (Å²) in [6, 6.07) is 3.84. The Labute approximate surface area is 127 Å². The first-order valence-electron chi connectivity index (χ1n) is 6.51. The number of benzene rings is 1. The molecular weight excluding hydrogens is 292 g/mol. The molecule has 0 heterocycles. The second-order valence-electron chi connectivity index (χ2n) is 4.00. The topological polar surface area (TPSA) is 103 Å². The van der Waals surface area contributed by atoms with Crippen molar-refractivity contribution in [3.63, 3.8) is 0 Å². The van der Waals surface area contributed by atoms with Gasteiger partial charge in [0.15, 0.2) is 18.1 Å². The van der Waals surface area contributed by atoms with Crippen LogP contribution in [0.5, 0.6) is 11.5 Å². The molecule has 8 nitrogen and oxygen atoms in total. The van der Waals surface area contributed by atoms with E-state index in [2.05, 4.69) is 5.32 Å². The molecule has 0 saturated carbocycles. The molecule has 8 heteroatoms. The first kappa shape index (κ1) is 17.3. The van der Waals surface area contributed by atoms with Crippen LogP contribution < -0.4 is 20.1 Å². The summed E-state index contributed by atoms with van der Waals surface area (Å²) >= 11 is 0. The Hall–Kier alpha value is -2.77. The molecule has 0 atom stereocenters. The van der Waals surface area contributed by atoms with Crippen molar-refractivity contribution >= 4 is 17.9 Å². The summed E-state index contributed by atoms with van der Waals surface area (Å²) in [5, 5.41) is 4.18. The maximum Gasteiger partial charge on any atom is 0.338 e. The minimum atomic E-state index is -0.731. The van der Waals surface area contributed by atoms with Gasteiger partial charge >= 0.3 is 12.0 Å². The Balaban J connectivity index is 2.66. The van der Waals surface area contributed by atoms with E-state index in [1.54, 1.807) is 6.07 Å². The zero-order valence-electron chi connectivity index (χ0n) is 12.6. The van der Waals surface area contributed by atoms with Gasteiger partial charge in [0.05, 0.1) is 19.3 Å². The zero-order chi connectivity index (χ0) is 16.5. The van der Waals surface area contributed by atoms with Crippen LogP contribution in [0.4, 0.5) is 4.79 Å². The van der Waals surface area contributed by atoms with E-state index in [-0.39, 0.29) is 5.56 Å². The summed E-state index contributed by atoms with van der Waals surface area (Å²) in [5.74, 6) is -0.566. The lowest BCUT2D eigenvalue weighted by atomic mass is 10.2. The molecule has 1 aromatic rings. The number of urea groups is 1. The van der Waals surface area contributed by atoms with Gasteiger partial charge in [-0.15, -0.1) is 0 Å². The number of hydrogen-bond donors (Lipinski definition) is 2. The number of hydrogen-bond acceptors (Lipinski definition) is 6. The highest BCUT2D eigenvalue weighted by Gasteiger charge is 2.14. The van der Waals surface area contributed by atoms with E-state index < -0.39 is 24.5 Å². The van der Waals surface area contributed by atoms with Crippen LogP contribution in [0.25, 0.3) is 0 Å². The molecule has 3 amide bonds. The third-order valence-corrected chi connectivity index (χ3v) is 2.51. The number of rotatable bonds is 6. The summed E-state index contributed by atoms with van der Waals surface area (Å²) in [4.78, 5) is 34.1. The Bertz CT molecular complexity index is 558. The predicted octanol–water partition coefficient (Wildman–Crippen LogP) is 0.706. The summed E-state index contributed by atoms with van der Waals surface area (Å²) in [5.41, 5.74) is 0.202. The number of methoxy groups -OCH3 is 1. The zero-order valence-corrected chi connectivity index (χ0v) is 12.6. The number of nitrogens with one attached hydrogen (secondary N) is 2. The monoisotopic (exact) mass is 310 g/mol. The number of amides is 3.